The number of likely N-dealkylation sites (N-methyl/N-ethyl adjacent to an activating group) is 3. The number of anilines is 3. The van der Waals surface area contributed by atoms with E-state index in [1.54, 1.807) is 25.4 Å². The number of ether oxygens (including phenoxy) is 1. The molecule has 0 aliphatic heterocycles. The molecule has 0 bridgehead atoms. The predicted octanol–water partition coefficient (Wildman–Crippen LogP) is 5.47. The molecule has 0 unspecified atom stereocenters. The fourth-order valence-electron chi connectivity index (χ4n) is 3.95. The van der Waals surface area contributed by atoms with Crippen molar-refractivity contribution in [1.29, 1.82) is 0 Å². The van der Waals surface area contributed by atoms with Crippen LogP contribution in [-0.4, -0.2) is 73.7 Å². The summed E-state index contributed by atoms with van der Waals surface area (Å²) in [5.74, 6) is -0.0702. The maximum Gasteiger partial charge on any atom is 0.243 e. The SMILES string of the molecule is C=CC(=O)NC.CC.COc1c(Nc2nccc(-c3cn(C)c4ccccc34)n2)ccc(N(C)CCN(C)C)c1F. The number of aryl methyl sites for hydroxylation is 1. The first-order valence-electron chi connectivity index (χ1n) is 13.4. The number of amides is 1. The molecule has 0 aliphatic carbocycles. The monoisotopic (exact) mass is 563 g/mol. The number of hydrogen-bond donors (Lipinski definition) is 2. The molecule has 2 aromatic heterocycles. The first-order valence-corrected chi connectivity index (χ1v) is 13.4. The van der Waals surface area contributed by atoms with Crippen molar-refractivity contribution in [3.05, 3.63) is 73.3 Å². The Kier molecular flexibility index (Phi) is 12.8. The molecule has 2 N–H and O–H groups in total. The van der Waals surface area contributed by atoms with Crippen molar-refractivity contribution in [2.75, 3.05) is 58.6 Å². The lowest BCUT2D eigenvalue weighted by Gasteiger charge is -2.23. The first kappa shape index (κ1) is 32.8. The van der Waals surface area contributed by atoms with E-state index in [1.807, 2.05) is 65.1 Å². The fourth-order valence-corrected chi connectivity index (χ4v) is 3.95. The molecule has 0 saturated heterocycles. The number of hydrogen-bond acceptors (Lipinski definition) is 7. The van der Waals surface area contributed by atoms with E-state index >= 15 is 4.39 Å². The number of carbonyl (C=O) groups is 1. The van der Waals surface area contributed by atoms with Crippen molar-refractivity contribution < 1.29 is 13.9 Å². The van der Waals surface area contributed by atoms with Crippen molar-refractivity contribution in [3.63, 3.8) is 0 Å². The van der Waals surface area contributed by atoms with E-state index in [0.717, 1.165) is 28.7 Å². The van der Waals surface area contributed by atoms with Gasteiger partial charge in [-0.3, -0.25) is 4.79 Å². The molecule has 4 rings (SSSR count). The number of fused-ring (bicyclic) bond motifs is 1. The van der Waals surface area contributed by atoms with Gasteiger partial charge in [0, 0.05) is 63.1 Å². The fraction of sp³-hybridized carbons (Fsp3) is 0.323. The molecule has 10 heteroatoms. The van der Waals surface area contributed by atoms with Gasteiger partial charge in [-0.05, 0) is 44.4 Å². The van der Waals surface area contributed by atoms with E-state index in [0.29, 0.717) is 23.9 Å². The summed E-state index contributed by atoms with van der Waals surface area (Å²) >= 11 is 0. The molecule has 2 aromatic carbocycles. The van der Waals surface area contributed by atoms with Crippen molar-refractivity contribution in [1.82, 2.24) is 24.8 Å². The van der Waals surface area contributed by atoms with Gasteiger partial charge in [0.15, 0.2) is 11.6 Å². The summed E-state index contributed by atoms with van der Waals surface area (Å²) in [6.07, 6.45) is 4.97. The lowest BCUT2D eigenvalue weighted by Crippen LogP contribution is -2.29. The number of benzene rings is 2. The third kappa shape index (κ3) is 8.52. The highest BCUT2D eigenvalue weighted by molar-refractivity contribution is 5.95. The summed E-state index contributed by atoms with van der Waals surface area (Å²) in [6.45, 7) is 8.72. The normalized spacial score (nSPS) is 10.2. The van der Waals surface area contributed by atoms with Gasteiger partial charge in [0.05, 0.1) is 24.2 Å². The van der Waals surface area contributed by atoms with Crippen molar-refractivity contribution in [2.45, 2.75) is 13.8 Å². The molecule has 2 heterocycles. The summed E-state index contributed by atoms with van der Waals surface area (Å²) in [5, 5.41) is 6.59. The molecular weight excluding hydrogens is 521 g/mol. The molecule has 1 amide bonds. The van der Waals surface area contributed by atoms with Crippen LogP contribution in [-0.2, 0) is 11.8 Å². The zero-order chi connectivity index (χ0) is 30.5. The van der Waals surface area contributed by atoms with Gasteiger partial charge in [-0.25, -0.2) is 14.4 Å². The van der Waals surface area contributed by atoms with E-state index < -0.39 is 5.82 Å². The summed E-state index contributed by atoms with van der Waals surface area (Å²) in [6, 6.07) is 13.6. The lowest BCUT2D eigenvalue weighted by atomic mass is 10.1. The second-order valence-corrected chi connectivity index (χ2v) is 9.08. The standard InChI is InChI=1S/C25H29FN6O.C4H7NO.C2H6/c1-30(2)14-15-31(3)22-11-10-20(24(33-5)23(22)26)29-25-27-13-12-19(28-25)18-16-32(4)21-9-7-6-8-17(18)21;1-3-4(6)5-2;1-2/h6-13,16H,14-15H2,1-5H3,(H,27,28,29);3H,1H2,2H3,(H,5,6);1-2H3. The van der Waals surface area contributed by atoms with Crippen LogP contribution in [0.4, 0.5) is 21.7 Å². The van der Waals surface area contributed by atoms with Gasteiger partial charge < -0.3 is 29.7 Å². The van der Waals surface area contributed by atoms with Crippen LogP contribution in [0.1, 0.15) is 13.8 Å². The minimum absolute atomic E-state index is 0.128. The quantitative estimate of drug-likeness (QED) is 0.261. The van der Waals surface area contributed by atoms with E-state index in [9.17, 15) is 4.79 Å². The lowest BCUT2D eigenvalue weighted by molar-refractivity contribution is -0.116. The van der Waals surface area contributed by atoms with E-state index in [1.165, 1.54) is 13.2 Å². The number of nitrogens with one attached hydrogen (secondary N) is 2. The Balaban J connectivity index is 0.000000654. The van der Waals surface area contributed by atoms with Crippen molar-refractivity contribution in [3.8, 4) is 17.0 Å². The van der Waals surface area contributed by atoms with Crippen LogP contribution in [0.2, 0.25) is 0 Å². The van der Waals surface area contributed by atoms with Gasteiger partial charge in [-0.15, -0.1) is 0 Å². The van der Waals surface area contributed by atoms with Gasteiger partial charge in [0.1, 0.15) is 0 Å². The first-order chi connectivity index (χ1) is 19.7. The van der Waals surface area contributed by atoms with E-state index in [2.05, 4.69) is 55.0 Å². The molecule has 220 valence electrons. The highest BCUT2D eigenvalue weighted by Gasteiger charge is 2.18. The maximum absolute atomic E-state index is 15.3. The second kappa shape index (κ2) is 16.0. The number of para-hydroxylation sites is 1. The molecule has 0 atom stereocenters. The third-order valence-corrected chi connectivity index (χ3v) is 6.08. The minimum Gasteiger partial charge on any atom is -0.492 e. The summed E-state index contributed by atoms with van der Waals surface area (Å²) in [5.41, 5.74) is 3.86. The Bertz CT molecular complexity index is 1440. The number of methoxy groups -OCH3 is 1. The predicted molar refractivity (Wildman–Crippen MR) is 168 cm³/mol. The molecule has 0 fully saturated rings. The zero-order valence-corrected chi connectivity index (χ0v) is 25.3. The van der Waals surface area contributed by atoms with Gasteiger partial charge in [-0.1, -0.05) is 38.6 Å². The van der Waals surface area contributed by atoms with Crippen molar-refractivity contribution in [2.24, 2.45) is 7.05 Å². The van der Waals surface area contributed by atoms with Gasteiger partial charge >= 0.3 is 0 Å². The van der Waals surface area contributed by atoms with Crippen LogP contribution in [0.25, 0.3) is 22.2 Å². The number of rotatable bonds is 9. The van der Waals surface area contributed by atoms with Crippen LogP contribution >= 0.6 is 0 Å². The van der Waals surface area contributed by atoms with Gasteiger partial charge in [-0.2, -0.15) is 0 Å². The summed E-state index contributed by atoms with van der Waals surface area (Å²) in [4.78, 5) is 22.9. The Labute approximate surface area is 242 Å². The Morgan fingerprint density at radius 3 is 2.44 bits per heavy atom. The van der Waals surface area contributed by atoms with Gasteiger partial charge in [0.2, 0.25) is 11.9 Å². The molecule has 0 aliphatic rings. The molecular formula is C31H42FN7O2. The van der Waals surface area contributed by atoms with Crippen LogP contribution in [0.15, 0.2) is 67.5 Å². The Hall–Kier alpha value is -4.44. The molecule has 9 nitrogen and oxygen atoms in total. The number of nitrogens with zero attached hydrogens (tertiary/aromatic N) is 5. The van der Waals surface area contributed by atoms with Crippen LogP contribution in [0.3, 0.4) is 0 Å². The molecule has 0 spiro atoms. The number of carbonyl (C=O) groups excluding carboxylic acids is 1. The van der Waals surface area contributed by atoms with Crippen LogP contribution in [0.5, 0.6) is 5.75 Å². The van der Waals surface area contributed by atoms with Crippen LogP contribution < -0.4 is 20.3 Å². The average Bonchev–Trinajstić information content (AvgIpc) is 3.33. The highest BCUT2D eigenvalue weighted by Crippen LogP contribution is 2.36. The molecule has 41 heavy (non-hydrogen) atoms. The molecule has 0 saturated carbocycles. The number of aromatic nitrogens is 3. The van der Waals surface area contributed by atoms with Gasteiger partial charge in [0.25, 0.3) is 0 Å². The third-order valence-electron chi connectivity index (χ3n) is 6.08. The Morgan fingerprint density at radius 1 is 1.12 bits per heavy atom. The minimum atomic E-state index is -0.422. The summed E-state index contributed by atoms with van der Waals surface area (Å²) in [7, 11) is 10.9. The van der Waals surface area contributed by atoms with E-state index in [-0.39, 0.29) is 11.7 Å². The van der Waals surface area contributed by atoms with E-state index in [4.69, 9.17) is 4.74 Å². The summed E-state index contributed by atoms with van der Waals surface area (Å²) < 4.78 is 22.7. The Morgan fingerprint density at radius 2 is 1.83 bits per heavy atom. The topological polar surface area (TPSA) is 87.5 Å². The number of halogens is 1. The van der Waals surface area contributed by atoms with Crippen LogP contribution in [0, 0.1) is 5.82 Å². The largest absolute Gasteiger partial charge is 0.492 e. The zero-order valence-electron chi connectivity index (χ0n) is 25.3. The highest BCUT2D eigenvalue weighted by atomic mass is 19.1. The molecule has 0 radical (unpaired) electrons. The van der Waals surface area contributed by atoms with Crippen molar-refractivity contribution >= 4 is 34.1 Å². The molecule has 4 aromatic rings. The second-order valence-electron chi connectivity index (χ2n) is 9.08. The average molecular weight is 564 g/mol. The maximum atomic E-state index is 15.3. The smallest absolute Gasteiger partial charge is 0.243 e.